The van der Waals surface area contributed by atoms with E-state index < -0.39 is 0 Å². The van der Waals surface area contributed by atoms with Gasteiger partial charge in [-0.05, 0) is 62.6 Å². The van der Waals surface area contributed by atoms with Gasteiger partial charge in [-0.3, -0.25) is 14.5 Å². The van der Waals surface area contributed by atoms with Crippen molar-refractivity contribution in [1.29, 1.82) is 0 Å². The van der Waals surface area contributed by atoms with E-state index in [2.05, 4.69) is 26.1 Å². The summed E-state index contributed by atoms with van der Waals surface area (Å²) in [6.07, 6.45) is 4.50. The first-order chi connectivity index (χ1) is 19.4. The van der Waals surface area contributed by atoms with E-state index in [-0.39, 0.29) is 41.2 Å². The molecule has 1 aromatic heterocycles. The van der Waals surface area contributed by atoms with Crippen LogP contribution in [-0.2, 0) is 9.59 Å². The summed E-state index contributed by atoms with van der Waals surface area (Å²) in [4.78, 5) is 43.5. The number of carbonyl (C=O) groups excluding carboxylic acids is 3. The van der Waals surface area contributed by atoms with Gasteiger partial charge in [-0.15, -0.1) is 5.10 Å². The topological polar surface area (TPSA) is 129 Å². The highest BCUT2D eigenvalue weighted by atomic mass is 32.2. The second-order valence-electron chi connectivity index (χ2n) is 10.5. The van der Waals surface area contributed by atoms with Gasteiger partial charge in [-0.2, -0.15) is 5.10 Å². The van der Waals surface area contributed by atoms with Crippen LogP contribution in [0.5, 0.6) is 11.6 Å². The van der Waals surface area contributed by atoms with Crippen LogP contribution < -0.4 is 25.6 Å². The van der Waals surface area contributed by atoms with Crippen molar-refractivity contribution in [2.45, 2.75) is 57.0 Å². The summed E-state index contributed by atoms with van der Waals surface area (Å²) < 4.78 is 5.83. The Kier molecular flexibility index (Phi) is 7.37. The Morgan fingerprint density at radius 1 is 1.25 bits per heavy atom. The molecule has 3 unspecified atom stereocenters. The molecule has 40 heavy (non-hydrogen) atoms. The average molecular weight is 564 g/mol. The number of hydrogen-bond acceptors (Lipinski definition) is 8. The summed E-state index contributed by atoms with van der Waals surface area (Å²) in [7, 11) is 0. The molecule has 11 nitrogen and oxygen atoms in total. The number of likely N-dealkylation sites (tertiary alicyclic amines) is 1. The summed E-state index contributed by atoms with van der Waals surface area (Å²) in [6.45, 7) is 5.81. The number of thioether (sulfide) groups is 1. The molecular formula is C28H33N7O4S. The van der Waals surface area contributed by atoms with Crippen molar-refractivity contribution in [1.82, 2.24) is 31.0 Å². The number of aryl methyl sites for hydroxylation is 1. The average Bonchev–Trinajstić information content (AvgIpc) is 3.33. The van der Waals surface area contributed by atoms with Crippen molar-refractivity contribution >= 4 is 35.3 Å². The molecule has 2 aromatic rings. The molecule has 4 amide bonds. The Bertz CT molecular complexity index is 1350. The van der Waals surface area contributed by atoms with Gasteiger partial charge in [0, 0.05) is 55.1 Å². The molecule has 0 bridgehead atoms. The number of piperidine rings is 2. The van der Waals surface area contributed by atoms with Crippen LogP contribution >= 0.6 is 11.8 Å². The molecule has 0 aliphatic carbocycles. The van der Waals surface area contributed by atoms with E-state index in [9.17, 15) is 14.4 Å². The zero-order chi connectivity index (χ0) is 27.8. The molecular weight excluding hydrogens is 530 g/mol. The molecule has 3 saturated heterocycles. The smallest absolute Gasteiger partial charge is 0.326 e. The van der Waals surface area contributed by atoms with Gasteiger partial charge in [0.15, 0.2) is 0 Å². The summed E-state index contributed by atoms with van der Waals surface area (Å²) >= 11 is 1.49. The Morgan fingerprint density at radius 3 is 2.90 bits per heavy atom. The molecule has 0 radical (unpaired) electrons. The number of urea groups is 1. The van der Waals surface area contributed by atoms with Crippen LogP contribution in [0.4, 0.5) is 10.5 Å². The predicted molar refractivity (Wildman–Crippen MR) is 151 cm³/mol. The maximum atomic E-state index is 13.6. The van der Waals surface area contributed by atoms with Crippen molar-refractivity contribution in [3.63, 3.8) is 0 Å². The van der Waals surface area contributed by atoms with Crippen molar-refractivity contribution in [3.05, 3.63) is 52.7 Å². The lowest BCUT2D eigenvalue weighted by Gasteiger charge is -2.46. The summed E-state index contributed by atoms with van der Waals surface area (Å²) in [5.41, 5.74) is 2.40. The minimum Gasteiger partial charge on any atom is -0.438 e. The number of nitrogens with one attached hydrogen (secondary N) is 3. The SMILES string of the molecule is CCC(=O)N1CCC[C@@H](NC(=O)C2=C3NC(=O)N(c4ccc(Oc5cccnn5)cc4C)C4CCNC(S2)C34)C1. The number of hydrogen-bond donors (Lipinski definition) is 3. The Hall–Kier alpha value is -3.64. The van der Waals surface area contributed by atoms with E-state index in [1.165, 1.54) is 11.8 Å². The van der Waals surface area contributed by atoms with Gasteiger partial charge in [0.05, 0.1) is 16.3 Å². The van der Waals surface area contributed by atoms with Gasteiger partial charge >= 0.3 is 6.03 Å². The fourth-order valence-corrected chi connectivity index (χ4v) is 7.52. The van der Waals surface area contributed by atoms with E-state index >= 15 is 0 Å². The van der Waals surface area contributed by atoms with E-state index in [1.54, 1.807) is 18.3 Å². The monoisotopic (exact) mass is 563 g/mol. The van der Waals surface area contributed by atoms with Crippen LogP contribution in [0.2, 0.25) is 0 Å². The van der Waals surface area contributed by atoms with Gasteiger partial charge in [-0.25, -0.2) is 4.79 Å². The second kappa shape index (κ2) is 11.1. The molecule has 12 heteroatoms. The summed E-state index contributed by atoms with van der Waals surface area (Å²) in [6, 6.07) is 8.67. The highest BCUT2D eigenvalue weighted by Gasteiger charge is 2.52. The number of aromatic nitrogens is 2. The van der Waals surface area contributed by atoms with Crippen molar-refractivity contribution in [3.8, 4) is 11.6 Å². The lowest BCUT2D eigenvalue weighted by atomic mass is 9.86. The van der Waals surface area contributed by atoms with Crippen LogP contribution in [0.25, 0.3) is 0 Å². The number of rotatable bonds is 6. The van der Waals surface area contributed by atoms with E-state index in [4.69, 9.17) is 4.74 Å². The van der Waals surface area contributed by atoms with Crippen molar-refractivity contribution < 1.29 is 19.1 Å². The number of anilines is 1. The number of nitrogens with zero attached hydrogens (tertiary/aromatic N) is 4. The maximum Gasteiger partial charge on any atom is 0.326 e. The fraction of sp³-hybridized carbons (Fsp3) is 0.464. The highest BCUT2D eigenvalue weighted by Crippen LogP contribution is 2.48. The molecule has 4 aliphatic heterocycles. The Balaban J connectivity index is 1.21. The zero-order valence-corrected chi connectivity index (χ0v) is 23.4. The van der Waals surface area contributed by atoms with Gasteiger partial charge in [0.1, 0.15) is 5.75 Å². The van der Waals surface area contributed by atoms with Crippen LogP contribution in [0.1, 0.15) is 38.2 Å². The predicted octanol–water partition coefficient (Wildman–Crippen LogP) is 2.89. The minimum absolute atomic E-state index is 0.0123. The molecule has 1 aromatic carbocycles. The first-order valence-corrected chi connectivity index (χ1v) is 14.7. The number of carbonyl (C=O) groups is 3. The van der Waals surface area contributed by atoms with Gasteiger partial charge in [0.25, 0.3) is 5.91 Å². The van der Waals surface area contributed by atoms with Crippen molar-refractivity contribution in [2.75, 3.05) is 24.5 Å². The molecule has 6 rings (SSSR count). The van der Waals surface area contributed by atoms with E-state index in [0.29, 0.717) is 35.2 Å². The van der Waals surface area contributed by atoms with Crippen LogP contribution in [0.15, 0.2) is 47.1 Å². The first kappa shape index (κ1) is 26.6. The molecule has 0 saturated carbocycles. The Labute approximate surface area is 237 Å². The summed E-state index contributed by atoms with van der Waals surface area (Å²) in [5.74, 6) is 0.892. The number of benzene rings is 1. The molecule has 210 valence electrons. The molecule has 3 N–H and O–H groups in total. The fourth-order valence-electron chi connectivity index (χ4n) is 6.12. The minimum atomic E-state index is -0.243. The molecule has 4 atom stereocenters. The van der Waals surface area contributed by atoms with Gasteiger partial charge < -0.3 is 25.6 Å². The van der Waals surface area contributed by atoms with E-state index in [1.807, 2.05) is 41.8 Å². The number of ether oxygens (including phenoxy) is 1. The second-order valence-corrected chi connectivity index (χ2v) is 11.7. The van der Waals surface area contributed by atoms with Crippen LogP contribution in [-0.4, -0.2) is 70.0 Å². The Morgan fingerprint density at radius 2 is 2.12 bits per heavy atom. The quantitative estimate of drug-likeness (QED) is 0.490. The first-order valence-electron chi connectivity index (χ1n) is 13.8. The normalized spacial score (nSPS) is 25.8. The maximum absolute atomic E-state index is 13.6. The third kappa shape index (κ3) is 5.01. The number of amides is 4. The largest absolute Gasteiger partial charge is 0.438 e. The standard InChI is InChI=1S/C28H33N7O4S/c1-3-22(36)34-13-5-6-17(15-34)31-26(37)25-24-23-20(10-12-29-27(23)40-25)35(28(38)32-24)19-9-8-18(14-16(19)2)39-21-7-4-11-30-33-21/h4,7-9,11,14,17,20,23,27,29H,3,5-6,10,12-13,15H2,1-2H3,(H,31,37)(H,32,38)/t17-,20?,23?,27?/m1/s1. The molecule has 0 spiro atoms. The van der Waals surface area contributed by atoms with Crippen LogP contribution in [0, 0.1) is 12.8 Å². The molecule has 3 fully saturated rings. The lowest BCUT2D eigenvalue weighted by Crippen LogP contribution is -2.62. The van der Waals surface area contributed by atoms with Crippen LogP contribution in [0.3, 0.4) is 0 Å². The summed E-state index contributed by atoms with van der Waals surface area (Å²) in [5, 5.41) is 17.6. The van der Waals surface area contributed by atoms with Crippen molar-refractivity contribution in [2.24, 2.45) is 5.92 Å². The lowest BCUT2D eigenvalue weighted by molar-refractivity contribution is -0.133. The van der Waals surface area contributed by atoms with E-state index in [0.717, 1.165) is 43.6 Å². The van der Waals surface area contributed by atoms with Gasteiger partial charge in [0.2, 0.25) is 11.8 Å². The molecule has 5 heterocycles. The third-order valence-corrected chi connectivity index (χ3v) is 9.31. The van der Waals surface area contributed by atoms with Gasteiger partial charge in [-0.1, -0.05) is 18.7 Å². The zero-order valence-electron chi connectivity index (χ0n) is 22.6. The third-order valence-electron chi connectivity index (χ3n) is 7.96. The highest BCUT2D eigenvalue weighted by molar-refractivity contribution is 8.04. The molecule has 4 aliphatic rings.